The molecule has 0 fully saturated rings. The topological polar surface area (TPSA) is 113 Å². The van der Waals surface area contributed by atoms with Crippen LogP contribution in [-0.2, 0) is 16.6 Å². The predicted octanol–water partition coefficient (Wildman–Crippen LogP) is -0.0484. The molecule has 134 valence electrons. The first-order chi connectivity index (χ1) is 11.0. The molecule has 0 saturated heterocycles. The van der Waals surface area contributed by atoms with Crippen molar-refractivity contribution < 1.29 is 8.42 Å². The number of rotatable bonds is 7. The molecule has 0 bridgehead atoms. The highest BCUT2D eigenvalue weighted by atomic mass is 127. The van der Waals surface area contributed by atoms with E-state index >= 15 is 0 Å². The maximum atomic E-state index is 10.9. The fourth-order valence-corrected chi connectivity index (χ4v) is 2.46. The number of aromatic nitrogens is 3. The van der Waals surface area contributed by atoms with Gasteiger partial charge >= 0.3 is 0 Å². The van der Waals surface area contributed by atoms with Gasteiger partial charge < -0.3 is 10.6 Å². The van der Waals surface area contributed by atoms with Crippen molar-refractivity contribution in [2.24, 2.45) is 4.99 Å². The molecule has 2 aromatic rings. The second-order valence-corrected chi connectivity index (χ2v) is 6.75. The van der Waals surface area contributed by atoms with Crippen LogP contribution in [0.25, 0.3) is 5.65 Å². The average molecular weight is 467 g/mol. The second-order valence-electron chi connectivity index (χ2n) is 4.92. The van der Waals surface area contributed by atoms with Gasteiger partial charge in [0.25, 0.3) is 0 Å². The minimum atomic E-state index is -3.13. The summed E-state index contributed by atoms with van der Waals surface area (Å²) in [7, 11) is -1.46. The van der Waals surface area contributed by atoms with Crippen LogP contribution in [0, 0.1) is 0 Å². The normalized spacial score (nSPS) is 12.0. The molecule has 0 amide bonds. The van der Waals surface area contributed by atoms with Crippen LogP contribution in [0.1, 0.15) is 12.2 Å². The van der Waals surface area contributed by atoms with Gasteiger partial charge in [-0.1, -0.05) is 6.07 Å². The number of hydrogen-bond donors (Lipinski definition) is 3. The van der Waals surface area contributed by atoms with Crippen LogP contribution in [-0.4, -0.2) is 55.4 Å². The van der Waals surface area contributed by atoms with Crippen LogP contribution in [0.2, 0.25) is 0 Å². The van der Waals surface area contributed by atoms with Gasteiger partial charge in [-0.15, -0.1) is 34.2 Å². The molecule has 2 rings (SSSR count). The zero-order valence-corrected chi connectivity index (χ0v) is 16.7. The largest absolute Gasteiger partial charge is 0.356 e. The van der Waals surface area contributed by atoms with Gasteiger partial charge in [0.15, 0.2) is 17.4 Å². The average Bonchev–Trinajstić information content (AvgIpc) is 2.92. The summed E-state index contributed by atoms with van der Waals surface area (Å²) >= 11 is 0. The van der Waals surface area contributed by atoms with Crippen molar-refractivity contribution in [1.82, 2.24) is 30.0 Å². The van der Waals surface area contributed by atoms with E-state index in [0.29, 0.717) is 32.0 Å². The second kappa shape index (κ2) is 9.74. The van der Waals surface area contributed by atoms with E-state index in [1.165, 1.54) is 0 Å². The predicted molar refractivity (Wildman–Crippen MR) is 104 cm³/mol. The fraction of sp³-hybridized carbons (Fsp3) is 0.462. The molecule has 0 aliphatic carbocycles. The molecule has 24 heavy (non-hydrogen) atoms. The summed E-state index contributed by atoms with van der Waals surface area (Å²) in [6, 6.07) is 5.71. The van der Waals surface area contributed by atoms with Crippen molar-refractivity contribution in [3.05, 3.63) is 30.2 Å². The van der Waals surface area contributed by atoms with Crippen LogP contribution in [0.5, 0.6) is 0 Å². The molecule has 9 nitrogen and oxygen atoms in total. The minimum absolute atomic E-state index is 0. The Kier molecular flexibility index (Phi) is 8.35. The van der Waals surface area contributed by atoms with Gasteiger partial charge in [-0.3, -0.25) is 9.39 Å². The lowest BCUT2D eigenvalue weighted by Gasteiger charge is -2.11. The molecule has 2 heterocycles. The monoisotopic (exact) mass is 467 g/mol. The molecule has 0 radical (unpaired) electrons. The third kappa shape index (κ3) is 6.57. The Balaban J connectivity index is 0.00000288. The Morgan fingerprint density at radius 2 is 2.04 bits per heavy atom. The third-order valence-electron chi connectivity index (χ3n) is 3.03. The smallest absolute Gasteiger partial charge is 0.208 e. The Labute approximate surface area is 158 Å². The first-order valence-corrected chi connectivity index (χ1v) is 9.06. The van der Waals surface area contributed by atoms with Gasteiger partial charge in [-0.25, -0.2) is 13.1 Å². The molecule has 0 unspecified atom stereocenters. The molecule has 0 spiro atoms. The number of hydrogen-bond acceptors (Lipinski definition) is 5. The third-order valence-corrected chi connectivity index (χ3v) is 3.76. The molecular formula is C13H22IN7O2S. The van der Waals surface area contributed by atoms with Crippen molar-refractivity contribution in [3.8, 4) is 0 Å². The van der Waals surface area contributed by atoms with Crippen LogP contribution < -0.4 is 15.4 Å². The van der Waals surface area contributed by atoms with Crippen LogP contribution in [0.4, 0.5) is 0 Å². The molecule has 11 heteroatoms. The quantitative estimate of drug-likeness (QED) is 0.228. The number of guanidine groups is 1. The van der Waals surface area contributed by atoms with Crippen molar-refractivity contribution >= 4 is 45.6 Å². The molecule has 0 aliphatic heterocycles. The van der Waals surface area contributed by atoms with E-state index in [9.17, 15) is 8.42 Å². The van der Waals surface area contributed by atoms with Crippen molar-refractivity contribution in [3.63, 3.8) is 0 Å². The number of nitrogens with zero attached hydrogens (tertiary/aromatic N) is 4. The zero-order chi connectivity index (χ0) is 16.7. The Morgan fingerprint density at radius 1 is 1.25 bits per heavy atom. The lowest BCUT2D eigenvalue weighted by atomic mass is 10.4. The van der Waals surface area contributed by atoms with E-state index in [0.717, 1.165) is 17.7 Å². The zero-order valence-electron chi connectivity index (χ0n) is 13.6. The summed E-state index contributed by atoms with van der Waals surface area (Å²) < 4.78 is 26.2. The summed E-state index contributed by atoms with van der Waals surface area (Å²) in [5.41, 5.74) is 0.791. The standard InChI is InChI=1S/C13H21N7O2S.HI/c1-14-13(15-7-5-8-17-23(2,21)22)16-10-12-19-18-11-6-3-4-9-20(11)12;/h3-4,6,9,17H,5,7-8,10H2,1-2H3,(H2,14,15,16);1H. The minimum Gasteiger partial charge on any atom is -0.356 e. The van der Waals surface area contributed by atoms with E-state index in [2.05, 4.69) is 30.5 Å². The van der Waals surface area contributed by atoms with E-state index in [4.69, 9.17) is 0 Å². The first-order valence-electron chi connectivity index (χ1n) is 7.17. The Morgan fingerprint density at radius 3 is 2.75 bits per heavy atom. The number of nitrogens with one attached hydrogen (secondary N) is 3. The van der Waals surface area contributed by atoms with Crippen molar-refractivity contribution in [1.29, 1.82) is 0 Å². The summed E-state index contributed by atoms with van der Waals surface area (Å²) in [5, 5.41) is 14.5. The molecule has 0 aromatic carbocycles. The SMILES string of the molecule is CN=C(NCCCNS(C)(=O)=O)NCc1nnc2ccccn12.I. The highest BCUT2D eigenvalue weighted by Crippen LogP contribution is 2.01. The maximum Gasteiger partial charge on any atom is 0.208 e. The van der Waals surface area contributed by atoms with Crippen molar-refractivity contribution in [2.45, 2.75) is 13.0 Å². The molecule has 0 atom stereocenters. The lowest BCUT2D eigenvalue weighted by molar-refractivity contribution is 0.584. The van der Waals surface area contributed by atoms with Gasteiger partial charge in [-0.05, 0) is 18.6 Å². The Hall–Kier alpha value is -1.47. The maximum absolute atomic E-state index is 10.9. The highest BCUT2D eigenvalue weighted by Gasteiger charge is 2.05. The van der Waals surface area contributed by atoms with E-state index in [1.807, 2.05) is 28.8 Å². The van der Waals surface area contributed by atoms with Gasteiger partial charge in [0.1, 0.15) is 0 Å². The molecule has 0 aliphatic rings. The van der Waals surface area contributed by atoms with Crippen molar-refractivity contribution in [2.75, 3.05) is 26.4 Å². The number of pyridine rings is 1. The van der Waals surface area contributed by atoms with Crippen LogP contribution in [0.15, 0.2) is 29.4 Å². The first kappa shape index (κ1) is 20.6. The fourth-order valence-electron chi connectivity index (χ4n) is 1.95. The van der Waals surface area contributed by atoms with E-state index in [1.54, 1.807) is 7.05 Å². The Bertz CT molecular complexity index is 775. The van der Waals surface area contributed by atoms with E-state index in [-0.39, 0.29) is 24.0 Å². The summed E-state index contributed by atoms with van der Waals surface area (Å²) in [6.07, 6.45) is 3.70. The molecule has 3 N–H and O–H groups in total. The summed E-state index contributed by atoms with van der Waals surface area (Å²) in [6.45, 7) is 1.47. The molecule has 0 saturated carbocycles. The lowest BCUT2D eigenvalue weighted by Crippen LogP contribution is -2.38. The molecule has 2 aromatic heterocycles. The summed E-state index contributed by atoms with van der Waals surface area (Å²) in [4.78, 5) is 4.11. The van der Waals surface area contributed by atoms with Crippen LogP contribution >= 0.6 is 24.0 Å². The van der Waals surface area contributed by atoms with Crippen LogP contribution in [0.3, 0.4) is 0 Å². The summed E-state index contributed by atoms with van der Waals surface area (Å²) in [5.74, 6) is 1.40. The van der Waals surface area contributed by atoms with Gasteiger partial charge in [-0.2, -0.15) is 0 Å². The van der Waals surface area contributed by atoms with E-state index < -0.39 is 10.0 Å². The van der Waals surface area contributed by atoms with Gasteiger partial charge in [0, 0.05) is 26.3 Å². The number of fused-ring (bicyclic) bond motifs is 1. The van der Waals surface area contributed by atoms with Gasteiger partial charge in [0.2, 0.25) is 10.0 Å². The number of sulfonamides is 1. The van der Waals surface area contributed by atoms with Gasteiger partial charge in [0.05, 0.1) is 12.8 Å². The highest BCUT2D eigenvalue weighted by molar-refractivity contribution is 14.0. The molecular weight excluding hydrogens is 445 g/mol. The number of halogens is 1. The number of aliphatic imine (C=N–C) groups is 1.